The van der Waals surface area contributed by atoms with E-state index in [1.54, 1.807) is 72.8 Å². The van der Waals surface area contributed by atoms with Crippen molar-refractivity contribution in [1.29, 1.82) is 0 Å². The highest BCUT2D eigenvalue weighted by molar-refractivity contribution is 7.92. The fraction of sp³-hybridized carbons (Fsp3) is 0.300. The number of anilines is 1. The summed E-state index contributed by atoms with van der Waals surface area (Å²) in [6.07, 6.45) is 8.28. The zero-order chi connectivity index (χ0) is 28.4. The van der Waals surface area contributed by atoms with E-state index in [9.17, 15) is 18.0 Å². The number of carbonyl (C=O) groups is 2. The first-order valence-electron chi connectivity index (χ1n) is 13.3. The Balaban J connectivity index is 1.25. The molecule has 3 aromatic carbocycles. The Labute approximate surface area is 235 Å². The quantitative estimate of drug-likeness (QED) is 0.268. The number of hydrogen-bond acceptors (Lipinski definition) is 6. The van der Waals surface area contributed by atoms with Gasteiger partial charge in [-0.1, -0.05) is 49.6 Å². The number of hydrogen-bond donors (Lipinski definition) is 2. The highest BCUT2D eigenvalue weighted by Crippen LogP contribution is 2.20. The Hall–Kier alpha value is -4.18. The third kappa shape index (κ3) is 8.67. The molecule has 1 fully saturated rings. The van der Waals surface area contributed by atoms with Gasteiger partial charge in [0.25, 0.3) is 11.8 Å². The minimum absolute atomic E-state index is 0.0304. The van der Waals surface area contributed by atoms with Crippen molar-refractivity contribution in [2.45, 2.75) is 44.7 Å². The van der Waals surface area contributed by atoms with Crippen molar-refractivity contribution < 1.29 is 22.7 Å². The molecule has 0 aromatic heterocycles. The number of ether oxygens (including phenoxy) is 1. The summed E-state index contributed by atoms with van der Waals surface area (Å²) < 4.78 is 31.5. The van der Waals surface area contributed by atoms with Crippen LogP contribution in [0.1, 0.15) is 53.6 Å². The Morgan fingerprint density at radius 3 is 2.27 bits per heavy atom. The molecule has 4 rings (SSSR count). The molecule has 0 radical (unpaired) electrons. The number of rotatable bonds is 11. The van der Waals surface area contributed by atoms with Gasteiger partial charge >= 0.3 is 0 Å². The van der Waals surface area contributed by atoms with Gasteiger partial charge in [-0.2, -0.15) is 5.10 Å². The molecule has 9 nitrogen and oxygen atoms in total. The van der Waals surface area contributed by atoms with E-state index >= 15 is 0 Å². The zero-order valence-electron chi connectivity index (χ0n) is 22.5. The minimum Gasteiger partial charge on any atom is -0.484 e. The second-order valence-corrected chi connectivity index (χ2v) is 11.7. The van der Waals surface area contributed by atoms with Crippen LogP contribution in [0.4, 0.5) is 5.69 Å². The molecule has 1 aliphatic rings. The molecule has 3 aromatic rings. The molecule has 1 saturated carbocycles. The number of nitrogens with one attached hydrogen (secondary N) is 2. The fourth-order valence-electron chi connectivity index (χ4n) is 4.47. The number of sulfonamides is 1. The van der Waals surface area contributed by atoms with Gasteiger partial charge in [0.15, 0.2) is 6.61 Å². The van der Waals surface area contributed by atoms with Gasteiger partial charge in [-0.05, 0) is 72.5 Å². The van der Waals surface area contributed by atoms with Gasteiger partial charge in [0, 0.05) is 11.6 Å². The van der Waals surface area contributed by atoms with E-state index in [-0.39, 0.29) is 25.1 Å². The highest BCUT2D eigenvalue weighted by atomic mass is 32.2. The third-order valence-corrected chi connectivity index (χ3v) is 7.73. The van der Waals surface area contributed by atoms with Crippen LogP contribution >= 0.6 is 0 Å². The van der Waals surface area contributed by atoms with Crippen LogP contribution in [0.15, 0.2) is 84.0 Å². The van der Waals surface area contributed by atoms with Crippen LogP contribution in [-0.4, -0.2) is 45.4 Å². The molecule has 0 bridgehead atoms. The van der Waals surface area contributed by atoms with Crippen LogP contribution in [0.25, 0.3) is 0 Å². The smallest absolute Gasteiger partial charge is 0.271 e. The maximum absolute atomic E-state index is 12.5. The van der Waals surface area contributed by atoms with Crippen molar-refractivity contribution in [2.24, 2.45) is 5.10 Å². The Morgan fingerprint density at radius 2 is 1.62 bits per heavy atom. The molecule has 210 valence electrons. The first kappa shape index (κ1) is 28.8. The lowest BCUT2D eigenvalue weighted by molar-refractivity contribution is -0.124. The molecule has 2 amide bonds. The first-order chi connectivity index (χ1) is 19.3. The zero-order valence-corrected chi connectivity index (χ0v) is 23.3. The van der Waals surface area contributed by atoms with Crippen molar-refractivity contribution in [1.82, 2.24) is 10.7 Å². The van der Waals surface area contributed by atoms with Crippen LogP contribution in [0, 0.1) is 0 Å². The van der Waals surface area contributed by atoms with Gasteiger partial charge in [-0.15, -0.1) is 0 Å². The molecule has 0 saturated heterocycles. The van der Waals surface area contributed by atoms with Gasteiger partial charge in [-0.3, -0.25) is 13.9 Å². The molecule has 1 aliphatic carbocycles. The third-order valence-electron chi connectivity index (χ3n) is 6.59. The summed E-state index contributed by atoms with van der Waals surface area (Å²) in [5, 5.41) is 7.04. The van der Waals surface area contributed by atoms with Crippen LogP contribution in [-0.2, 0) is 21.4 Å². The molecule has 0 unspecified atom stereocenters. The Kier molecular flexibility index (Phi) is 9.91. The summed E-state index contributed by atoms with van der Waals surface area (Å²) in [6, 6.07) is 22.8. The standard InChI is InChI=1S/C30H34N4O5S/c1-40(37,38)34(27-10-6-3-7-11-27)21-24-12-16-25(17-13-24)30(36)33-31-20-23-14-18-28(19-15-23)39-22-29(35)32-26-8-4-2-5-9-26/h3,6-7,10-20,26H,2,4-5,8-9,21-22H2,1H3,(H,32,35)(H,33,36)/b31-20-. The van der Waals surface area contributed by atoms with E-state index in [0.29, 0.717) is 17.0 Å². The van der Waals surface area contributed by atoms with Crippen LogP contribution < -0.4 is 19.8 Å². The topological polar surface area (TPSA) is 117 Å². The van der Waals surface area contributed by atoms with Crippen LogP contribution in [0.5, 0.6) is 5.75 Å². The van der Waals surface area contributed by atoms with Crippen LogP contribution in [0.3, 0.4) is 0 Å². The Morgan fingerprint density at radius 1 is 0.950 bits per heavy atom. The van der Waals surface area contributed by atoms with Gasteiger partial charge < -0.3 is 10.1 Å². The molecular weight excluding hydrogens is 528 g/mol. The number of hydrazone groups is 1. The summed E-state index contributed by atoms with van der Waals surface area (Å²) in [6.45, 7) is 0.116. The normalized spacial score (nSPS) is 14.0. The molecular formula is C30H34N4O5S. The van der Waals surface area contributed by atoms with Crippen molar-refractivity contribution in [3.63, 3.8) is 0 Å². The second-order valence-electron chi connectivity index (χ2n) is 9.76. The van der Waals surface area contributed by atoms with Gasteiger partial charge in [0.05, 0.1) is 24.7 Å². The van der Waals surface area contributed by atoms with E-state index in [2.05, 4.69) is 15.8 Å². The number of benzene rings is 3. The van der Waals surface area contributed by atoms with E-state index in [0.717, 1.165) is 43.1 Å². The van der Waals surface area contributed by atoms with Gasteiger partial charge in [0.2, 0.25) is 10.0 Å². The highest BCUT2D eigenvalue weighted by Gasteiger charge is 2.18. The predicted molar refractivity (Wildman–Crippen MR) is 156 cm³/mol. The number of para-hydroxylation sites is 1. The van der Waals surface area contributed by atoms with Crippen molar-refractivity contribution in [2.75, 3.05) is 17.2 Å². The first-order valence-corrected chi connectivity index (χ1v) is 15.1. The predicted octanol–water partition coefficient (Wildman–Crippen LogP) is 4.24. The number of amides is 2. The Bertz CT molecular complexity index is 1400. The summed E-state index contributed by atoms with van der Waals surface area (Å²) in [5.41, 5.74) is 4.94. The van der Waals surface area contributed by atoms with E-state index in [4.69, 9.17) is 4.74 Å². The molecule has 40 heavy (non-hydrogen) atoms. The number of carbonyl (C=O) groups excluding carboxylic acids is 2. The van der Waals surface area contributed by atoms with Crippen molar-refractivity contribution in [3.8, 4) is 5.75 Å². The number of nitrogens with zero attached hydrogens (tertiary/aromatic N) is 2. The maximum Gasteiger partial charge on any atom is 0.271 e. The second kappa shape index (κ2) is 13.7. The average Bonchev–Trinajstić information content (AvgIpc) is 2.96. The maximum atomic E-state index is 12.5. The van der Waals surface area contributed by atoms with Crippen molar-refractivity contribution >= 4 is 33.7 Å². The summed E-state index contributed by atoms with van der Waals surface area (Å²) >= 11 is 0. The van der Waals surface area contributed by atoms with Crippen molar-refractivity contribution in [3.05, 3.63) is 95.6 Å². The lowest BCUT2D eigenvalue weighted by Crippen LogP contribution is -2.38. The molecule has 0 aliphatic heterocycles. The van der Waals surface area contributed by atoms with Gasteiger partial charge in [0.1, 0.15) is 5.75 Å². The summed E-state index contributed by atoms with van der Waals surface area (Å²) in [4.78, 5) is 24.6. The molecule has 0 heterocycles. The monoisotopic (exact) mass is 562 g/mol. The molecule has 0 spiro atoms. The van der Waals surface area contributed by atoms with E-state index in [1.807, 2.05) is 6.07 Å². The van der Waals surface area contributed by atoms with Crippen LogP contribution in [0.2, 0.25) is 0 Å². The molecule has 2 N–H and O–H groups in total. The minimum atomic E-state index is -3.49. The SMILES string of the molecule is CS(=O)(=O)N(Cc1ccc(C(=O)N/N=C\c2ccc(OCC(=O)NC3CCCCC3)cc2)cc1)c1ccccc1. The van der Waals surface area contributed by atoms with E-state index in [1.165, 1.54) is 16.9 Å². The fourth-order valence-corrected chi connectivity index (χ4v) is 5.36. The van der Waals surface area contributed by atoms with Gasteiger partial charge in [-0.25, -0.2) is 13.8 Å². The lowest BCUT2D eigenvalue weighted by Gasteiger charge is -2.22. The van der Waals surface area contributed by atoms with E-state index < -0.39 is 15.9 Å². The molecule has 0 atom stereocenters. The lowest BCUT2D eigenvalue weighted by atomic mass is 9.95. The average molecular weight is 563 g/mol. The largest absolute Gasteiger partial charge is 0.484 e. The molecule has 10 heteroatoms. The summed E-state index contributed by atoms with van der Waals surface area (Å²) in [7, 11) is -3.49. The summed E-state index contributed by atoms with van der Waals surface area (Å²) in [5.74, 6) is 0.0636.